The molecule has 1 heterocycles. The predicted octanol–water partition coefficient (Wildman–Crippen LogP) is 2.63. The standard InChI is InChI=1S/C16H17ClN2O2/c1-12-3-5-13(6-4-12)16(21)18-9-2-10-19-11-14(17)7-8-15(19)20/h3-8,11H,2,9-10H2,1H3,(H,18,21). The van der Waals surface area contributed by atoms with Crippen LogP contribution in [0.15, 0.2) is 47.4 Å². The molecule has 0 bridgehead atoms. The third-order valence-corrected chi connectivity index (χ3v) is 3.35. The average Bonchev–Trinajstić information content (AvgIpc) is 2.47. The van der Waals surface area contributed by atoms with Gasteiger partial charge in [-0.1, -0.05) is 29.3 Å². The third kappa shape index (κ3) is 4.46. The number of benzene rings is 1. The number of carbonyl (C=O) groups excluding carboxylic acids is 1. The van der Waals surface area contributed by atoms with Crippen molar-refractivity contribution >= 4 is 17.5 Å². The lowest BCUT2D eigenvalue weighted by Gasteiger charge is -2.07. The van der Waals surface area contributed by atoms with E-state index >= 15 is 0 Å². The Hall–Kier alpha value is -2.07. The molecule has 0 aliphatic rings. The van der Waals surface area contributed by atoms with Crippen LogP contribution in [0.5, 0.6) is 0 Å². The number of nitrogens with zero attached hydrogens (tertiary/aromatic N) is 1. The summed E-state index contributed by atoms with van der Waals surface area (Å²) in [7, 11) is 0. The first-order chi connectivity index (χ1) is 10.1. The van der Waals surface area contributed by atoms with Crippen molar-refractivity contribution in [2.45, 2.75) is 19.9 Å². The maximum atomic E-state index is 11.9. The van der Waals surface area contributed by atoms with E-state index in [2.05, 4.69) is 5.32 Å². The monoisotopic (exact) mass is 304 g/mol. The van der Waals surface area contributed by atoms with Crippen LogP contribution >= 0.6 is 11.6 Å². The van der Waals surface area contributed by atoms with Gasteiger partial charge < -0.3 is 9.88 Å². The molecule has 0 unspecified atom stereocenters. The van der Waals surface area contributed by atoms with E-state index in [1.165, 1.54) is 6.07 Å². The molecular formula is C16H17ClN2O2. The van der Waals surface area contributed by atoms with Gasteiger partial charge in [0.15, 0.2) is 0 Å². The van der Waals surface area contributed by atoms with E-state index in [4.69, 9.17) is 11.6 Å². The first-order valence-electron chi connectivity index (χ1n) is 6.77. The Balaban J connectivity index is 1.82. The average molecular weight is 305 g/mol. The Morgan fingerprint density at radius 2 is 1.90 bits per heavy atom. The van der Waals surface area contributed by atoms with E-state index in [-0.39, 0.29) is 11.5 Å². The van der Waals surface area contributed by atoms with Gasteiger partial charge in [0.2, 0.25) is 0 Å². The lowest BCUT2D eigenvalue weighted by atomic mass is 10.1. The third-order valence-electron chi connectivity index (χ3n) is 3.12. The molecule has 0 aliphatic carbocycles. The minimum absolute atomic E-state index is 0.0933. The Morgan fingerprint density at radius 1 is 1.19 bits per heavy atom. The molecule has 1 aromatic heterocycles. The van der Waals surface area contributed by atoms with Crippen molar-refractivity contribution < 1.29 is 4.79 Å². The Kier molecular flexibility index (Phi) is 5.17. The molecule has 21 heavy (non-hydrogen) atoms. The van der Waals surface area contributed by atoms with Gasteiger partial charge in [0.1, 0.15) is 0 Å². The van der Waals surface area contributed by atoms with E-state index in [1.54, 1.807) is 29.0 Å². The fourth-order valence-electron chi connectivity index (χ4n) is 1.94. The van der Waals surface area contributed by atoms with Crippen molar-refractivity contribution in [1.29, 1.82) is 0 Å². The van der Waals surface area contributed by atoms with E-state index < -0.39 is 0 Å². The maximum absolute atomic E-state index is 11.9. The zero-order valence-electron chi connectivity index (χ0n) is 11.8. The molecular weight excluding hydrogens is 288 g/mol. The second-order valence-electron chi connectivity index (χ2n) is 4.85. The molecule has 1 N–H and O–H groups in total. The van der Waals surface area contributed by atoms with Crippen LogP contribution in [0.4, 0.5) is 0 Å². The number of aromatic nitrogens is 1. The number of nitrogens with one attached hydrogen (secondary N) is 1. The molecule has 0 atom stereocenters. The van der Waals surface area contributed by atoms with E-state index in [0.29, 0.717) is 30.1 Å². The summed E-state index contributed by atoms with van der Waals surface area (Å²) in [6.45, 7) is 3.00. The Labute approximate surface area is 128 Å². The molecule has 5 heteroatoms. The number of hydrogen-bond acceptors (Lipinski definition) is 2. The number of rotatable bonds is 5. The fourth-order valence-corrected chi connectivity index (χ4v) is 2.12. The second-order valence-corrected chi connectivity index (χ2v) is 5.29. The molecule has 0 spiro atoms. The quantitative estimate of drug-likeness (QED) is 0.863. The van der Waals surface area contributed by atoms with Crippen molar-refractivity contribution in [2.75, 3.05) is 6.54 Å². The predicted molar refractivity (Wildman–Crippen MR) is 83.8 cm³/mol. The summed E-state index contributed by atoms with van der Waals surface area (Å²) in [6.07, 6.45) is 2.27. The van der Waals surface area contributed by atoms with Crippen LogP contribution in [0, 0.1) is 6.92 Å². The highest BCUT2D eigenvalue weighted by atomic mass is 35.5. The van der Waals surface area contributed by atoms with Crippen LogP contribution in [-0.2, 0) is 6.54 Å². The van der Waals surface area contributed by atoms with Crippen molar-refractivity contribution in [1.82, 2.24) is 9.88 Å². The minimum atomic E-state index is -0.103. The van der Waals surface area contributed by atoms with E-state index in [9.17, 15) is 9.59 Å². The van der Waals surface area contributed by atoms with Gasteiger partial charge in [-0.25, -0.2) is 0 Å². The number of hydrogen-bond donors (Lipinski definition) is 1. The summed E-state index contributed by atoms with van der Waals surface area (Å²) in [5.41, 5.74) is 1.66. The second kappa shape index (κ2) is 7.09. The van der Waals surface area contributed by atoms with Crippen molar-refractivity contribution in [3.63, 3.8) is 0 Å². The van der Waals surface area contributed by atoms with Gasteiger partial charge in [-0.05, 0) is 31.5 Å². The first-order valence-corrected chi connectivity index (χ1v) is 7.15. The van der Waals surface area contributed by atoms with E-state index in [1.807, 2.05) is 19.1 Å². The Morgan fingerprint density at radius 3 is 2.62 bits per heavy atom. The first kappa shape index (κ1) is 15.3. The van der Waals surface area contributed by atoms with Gasteiger partial charge in [0.25, 0.3) is 11.5 Å². The molecule has 0 aliphatic heterocycles. The topological polar surface area (TPSA) is 51.1 Å². The van der Waals surface area contributed by atoms with Gasteiger partial charge in [0, 0.05) is 30.9 Å². The van der Waals surface area contributed by atoms with Gasteiger partial charge in [-0.15, -0.1) is 0 Å². The molecule has 1 amide bonds. The zero-order chi connectivity index (χ0) is 15.2. The molecule has 0 saturated carbocycles. The van der Waals surface area contributed by atoms with Crippen molar-refractivity contribution in [3.8, 4) is 0 Å². The lowest BCUT2D eigenvalue weighted by molar-refractivity contribution is 0.0952. The fraction of sp³-hybridized carbons (Fsp3) is 0.250. The zero-order valence-corrected chi connectivity index (χ0v) is 12.6. The highest BCUT2D eigenvalue weighted by molar-refractivity contribution is 6.30. The lowest BCUT2D eigenvalue weighted by Crippen LogP contribution is -2.26. The van der Waals surface area contributed by atoms with Crippen LogP contribution in [0.1, 0.15) is 22.3 Å². The number of halogens is 1. The number of carbonyl (C=O) groups is 1. The van der Waals surface area contributed by atoms with Gasteiger partial charge in [-0.3, -0.25) is 9.59 Å². The molecule has 0 fully saturated rings. The summed E-state index contributed by atoms with van der Waals surface area (Å²) in [5.74, 6) is -0.103. The highest BCUT2D eigenvalue weighted by Crippen LogP contribution is 2.04. The SMILES string of the molecule is Cc1ccc(C(=O)NCCCn2cc(Cl)ccc2=O)cc1. The maximum Gasteiger partial charge on any atom is 0.251 e. The van der Waals surface area contributed by atoms with Gasteiger partial charge in [0.05, 0.1) is 5.02 Å². The number of amides is 1. The van der Waals surface area contributed by atoms with Crippen LogP contribution in [0.3, 0.4) is 0 Å². The molecule has 2 aromatic rings. The minimum Gasteiger partial charge on any atom is -0.352 e. The normalized spacial score (nSPS) is 10.4. The summed E-state index contributed by atoms with van der Waals surface area (Å²) >= 11 is 5.84. The van der Waals surface area contributed by atoms with Gasteiger partial charge >= 0.3 is 0 Å². The van der Waals surface area contributed by atoms with Gasteiger partial charge in [-0.2, -0.15) is 0 Å². The van der Waals surface area contributed by atoms with Crippen LogP contribution in [0.2, 0.25) is 5.02 Å². The van der Waals surface area contributed by atoms with Crippen LogP contribution in [0.25, 0.3) is 0 Å². The summed E-state index contributed by atoms with van der Waals surface area (Å²) in [4.78, 5) is 23.5. The van der Waals surface area contributed by atoms with Crippen LogP contribution in [-0.4, -0.2) is 17.0 Å². The van der Waals surface area contributed by atoms with E-state index in [0.717, 1.165) is 5.56 Å². The molecule has 0 saturated heterocycles. The van der Waals surface area contributed by atoms with Crippen LogP contribution < -0.4 is 10.9 Å². The summed E-state index contributed by atoms with van der Waals surface area (Å²) in [5, 5.41) is 3.36. The molecule has 2 rings (SSSR count). The van der Waals surface area contributed by atoms with Crippen molar-refractivity contribution in [3.05, 3.63) is 69.1 Å². The summed E-state index contributed by atoms with van der Waals surface area (Å²) in [6, 6.07) is 10.4. The van der Waals surface area contributed by atoms with Crippen molar-refractivity contribution in [2.24, 2.45) is 0 Å². The summed E-state index contributed by atoms with van der Waals surface area (Å²) < 4.78 is 1.54. The Bertz CT molecular complexity index is 677. The number of pyridine rings is 1. The largest absolute Gasteiger partial charge is 0.352 e. The number of aryl methyl sites for hydroxylation is 2. The molecule has 1 aromatic carbocycles. The smallest absolute Gasteiger partial charge is 0.251 e. The molecule has 0 radical (unpaired) electrons. The molecule has 4 nitrogen and oxygen atoms in total. The molecule has 110 valence electrons. The highest BCUT2D eigenvalue weighted by Gasteiger charge is 2.04.